The molecule has 19 heavy (non-hydrogen) atoms. The zero-order valence-electron chi connectivity index (χ0n) is 10.7. The second kappa shape index (κ2) is 5.94. The maximum absolute atomic E-state index is 12.0. The van der Waals surface area contributed by atoms with Crippen LogP contribution in [0.1, 0.15) is 51.4 Å². The van der Waals surface area contributed by atoms with Gasteiger partial charge in [-0.15, -0.1) is 0 Å². The Morgan fingerprint density at radius 3 is 2.26 bits per heavy atom. The van der Waals surface area contributed by atoms with Gasteiger partial charge in [0.05, 0.1) is 0 Å². The molecule has 2 bridgehead atoms. The standard InChI is InChI=1S/C13H19F3O2S/c14-13(15,16)6-2-5-12(17)9-7-10-3-1-4-11(8-9)19(10)18/h9-11H,1-8H2. The predicted molar refractivity (Wildman–Crippen MR) is 67.2 cm³/mol. The largest absolute Gasteiger partial charge is 0.389 e. The van der Waals surface area contributed by atoms with Crippen LogP contribution >= 0.6 is 0 Å². The van der Waals surface area contributed by atoms with E-state index < -0.39 is 23.4 Å². The van der Waals surface area contributed by atoms with Crippen LogP contribution in [0.2, 0.25) is 0 Å². The van der Waals surface area contributed by atoms with E-state index in [1.165, 1.54) is 0 Å². The molecule has 2 rings (SSSR count). The molecule has 2 aliphatic heterocycles. The lowest BCUT2D eigenvalue weighted by molar-refractivity contribution is -0.137. The van der Waals surface area contributed by atoms with Crippen LogP contribution in [0, 0.1) is 5.92 Å². The molecule has 0 N–H and O–H groups in total. The lowest BCUT2D eigenvalue weighted by Gasteiger charge is -2.37. The van der Waals surface area contributed by atoms with Crippen LogP contribution in [-0.2, 0) is 15.6 Å². The van der Waals surface area contributed by atoms with Gasteiger partial charge in [0.25, 0.3) is 0 Å². The molecule has 2 fully saturated rings. The molecular weight excluding hydrogens is 277 g/mol. The molecule has 2 unspecified atom stereocenters. The molecule has 0 saturated carbocycles. The topological polar surface area (TPSA) is 34.1 Å². The molecule has 0 aromatic heterocycles. The summed E-state index contributed by atoms with van der Waals surface area (Å²) in [4.78, 5) is 12.0. The lowest BCUT2D eigenvalue weighted by Crippen LogP contribution is -2.41. The van der Waals surface area contributed by atoms with Gasteiger partial charge >= 0.3 is 6.18 Å². The summed E-state index contributed by atoms with van der Waals surface area (Å²) in [5.41, 5.74) is 0. The smallest absolute Gasteiger partial charge is 0.299 e. The number of alkyl halides is 3. The van der Waals surface area contributed by atoms with Gasteiger partial charge in [0.2, 0.25) is 0 Å². The van der Waals surface area contributed by atoms with E-state index in [-0.39, 0.29) is 35.0 Å². The van der Waals surface area contributed by atoms with Crippen LogP contribution in [0.5, 0.6) is 0 Å². The maximum atomic E-state index is 12.0. The fraction of sp³-hybridized carbons (Fsp3) is 0.923. The third-order valence-corrected chi connectivity index (χ3v) is 6.31. The van der Waals surface area contributed by atoms with E-state index in [0.29, 0.717) is 12.8 Å². The Labute approximate surface area is 113 Å². The van der Waals surface area contributed by atoms with Crippen LogP contribution in [0.25, 0.3) is 0 Å². The molecule has 2 atom stereocenters. The van der Waals surface area contributed by atoms with Gasteiger partial charge in [0.1, 0.15) is 5.78 Å². The molecule has 2 heterocycles. The third kappa shape index (κ3) is 4.04. The van der Waals surface area contributed by atoms with Crippen molar-refractivity contribution in [2.45, 2.75) is 68.0 Å². The Kier molecular flexibility index (Phi) is 4.69. The first-order chi connectivity index (χ1) is 8.87. The van der Waals surface area contributed by atoms with Gasteiger partial charge in [-0.25, -0.2) is 0 Å². The van der Waals surface area contributed by atoms with E-state index in [0.717, 1.165) is 19.3 Å². The summed E-state index contributed by atoms with van der Waals surface area (Å²) in [7, 11) is -0.825. The molecule has 6 heteroatoms. The van der Waals surface area contributed by atoms with Gasteiger partial charge < -0.3 is 0 Å². The Morgan fingerprint density at radius 1 is 1.16 bits per heavy atom. The summed E-state index contributed by atoms with van der Waals surface area (Å²) in [6.07, 6.45) is -1.06. The minimum Gasteiger partial charge on any atom is -0.299 e. The van der Waals surface area contributed by atoms with Gasteiger partial charge in [-0.1, -0.05) is 6.42 Å². The van der Waals surface area contributed by atoms with E-state index in [2.05, 4.69) is 0 Å². The van der Waals surface area contributed by atoms with Crippen molar-refractivity contribution in [2.75, 3.05) is 0 Å². The van der Waals surface area contributed by atoms with Crippen LogP contribution in [0.15, 0.2) is 0 Å². The van der Waals surface area contributed by atoms with E-state index in [1.807, 2.05) is 0 Å². The highest BCUT2D eigenvalue weighted by Crippen LogP contribution is 2.38. The van der Waals surface area contributed by atoms with Crippen molar-refractivity contribution in [3.05, 3.63) is 0 Å². The minimum absolute atomic E-state index is 0.0102. The fourth-order valence-electron chi connectivity index (χ4n) is 3.16. The number of Topliss-reactive ketones (excluding diaryl/α,β-unsaturated/α-hetero) is 1. The number of fused-ring (bicyclic) bond motifs is 2. The molecule has 2 saturated heterocycles. The molecule has 0 aliphatic carbocycles. The number of hydrogen-bond acceptors (Lipinski definition) is 2. The number of carbonyl (C=O) groups is 1. The SMILES string of the molecule is O=C(CCCC(F)(F)F)C1CC2CCCC(C1)S2=O. The molecule has 2 nitrogen and oxygen atoms in total. The summed E-state index contributed by atoms with van der Waals surface area (Å²) >= 11 is 0. The van der Waals surface area contributed by atoms with Crippen molar-refractivity contribution in [1.29, 1.82) is 0 Å². The fourth-order valence-corrected chi connectivity index (χ4v) is 5.35. The summed E-state index contributed by atoms with van der Waals surface area (Å²) in [5.74, 6) is -0.209. The van der Waals surface area contributed by atoms with E-state index in [4.69, 9.17) is 0 Å². The van der Waals surface area contributed by atoms with Crippen molar-refractivity contribution in [3.63, 3.8) is 0 Å². The average Bonchev–Trinajstić information content (AvgIpc) is 2.26. The average molecular weight is 296 g/mol. The summed E-state index contributed by atoms with van der Waals surface area (Å²) in [5, 5.41) is 0.202. The Morgan fingerprint density at radius 2 is 1.74 bits per heavy atom. The predicted octanol–water partition coefficient (Wildman–Crippen LogP) is 3.37. The van der Waals surface area contributed by atoms with Crippen molar-refractivity contribution >= 4 is 16.6 Å². The zero-order chi connectivity index (χ0) is 14.0. The first-order valence-electron chi connectivity index (χ1n) is 6.85. The van der Waals surface area contributed by atoms with Crippen LogP contribution in [0.3, 0.4) is 0 Å². The Balaban J connectivity index is 1.82. The van der Waals surface area contributed by atoms with Crippen LogP contribution in [-0.4, -0.2) is 26.7 Å². The molecule has 0 aromatic carbocycles. The molecule has 0 radical (unpaired) electrons. The first-order valence-corrected chi connectivity index (χ1v) is 8.13. The summed E-state index contributed by atoms with van der Waals surface area (Å²) in [6.45, 7) is 0. The van der Waals surface area contributed by atoms with Crippen LogP contribution < -0.4 is 0 Å². The van der Waals surface area contributed by atoms with Crippen molar-refractivity contribution < 1.29 is 22.2 Å². The molecule has 110 valence electrons. The number of ketones is 1. The molecule has 0 amide bonds. The van der Waals surface area contributed by atoms with Gasteiger partial charge in [-0.05, 0) is 32.1 Å². The molecule has 0 spiro atoms. The lowest BCUT2D eigenvalue weighted by atomic mass is 9.85. The Hall–Kier alpha value is -0.390. The van der Waals surface area contributed by atoms with Crippen molar-refractivity contribution in [3.8, 4) is 0 Å². The van der Waals surface area contributed by atoms with Crippen molar-refractivity contribution in [2.24, 2.45) is 5.92 Å². The molecule has 0 aromatic rings. The van der Waals surface area contributed by atoms with Gasteiger partial charge in [-0.3, -0.25) is 9.00 Å². The van der Waals surface area contributed by atoms with Crippen molar-refractivity contribution in [1.82, 2.24) is 0 Å². The first kappa shape index (κ1) is 15.0. The number of halogens is 3. The number of carbonyl (C=O) groups excluding carboxylic acids is 1. The number of rotatable bonds is 4. The van der Waals surface area contributed by atoms with Gasteiger partial charge in [0.15, 0.2) is 0 Å². The van der Waals surface area contributed by atoms with E-state index in [1.54, 1.807) is 0 Å². The van der Waals surface area contributed by atoms with E-state index in [9.17, 15) is 22.2 Å². The monoisotopic (exact) mass is 296 g/mol. The van der Waals surface area contributed by atoms with Gasteiger partial charge in [0, 0.05) is 40.1 Å². The Bertz CT molecular complexity index is 351. The second-order valence-corrected chi connectivity index (χ2v) is 7.60. The maximum Gasteiger partial charge on any atom is 0.389 e. The zero-order valence-corrected chi connectivity index (χ0v) is 11.6. The highest BCUT2D eigenvalue weighted by Gasteiger charge is 2.40. The third-order valence-electron chi connectivity index (χ3n) is 4.14. The highest BCUT2D eigenvalue weighted by molar-refractivity contribution is 7.86. The second-order valence-electron chi connectivity index (χ2n) is 5.61. The highest BCUT2D eigenvalue weighted by atomic mass is 32.2. The van der Waals surface area contributed by atoms with Gasteiger partial charge in [-0.2, -0.15) is 13.2 Å². The normalized spacial score (nSPS) is 35.1. The summed E-state index contributed by atoms with van der Waals surface area (Å²) < 4.78 is 48.1. The van der Waals surface area contributed by atoms with Crippen LogP contribution in [0.4, 0.5) is 13.2 Å². The quantitative estimate of drug-likeness (QED) is 0.797. The van der Waals surface area contributed by atoms with E-state index >= 15 is 0 Å². The number of hydrogen-bond donors (Lipinski definition) is 0. The molecular formula is C13H19F3O2S. The summed E-state index contributed by atoms with van der Waals surface area (Å²) in [6, 6.07) is 0. The molecule has 2 aliphatic rings. The minimum atomic E-state index is -4.18.